The molecule has 1 aromatic carbocycles. The van der Waals surface area contributed by atoms with Crippen molar-refractivity contribution in [1.29, 1.82) is 0 Å². The fraction of sp³-hybridized carbons (Fsp3) is 0.353. The van der Waals surface area contributed by atoms with Crippen LogP contribution in [0, 0.1) is 0 Å². The molecule has 0 saturated carbocycles. The number of aromatic nitrogens is 1. The summed E-state index contributed by atoms with van der Waals surface area (Å²) < 4.78 is 10.9. The Balaban J connectivity index is 1.85. The van der Waals surface area contributed by atoms with Gasteiger partial charge in [0.05, 0.1) is 19.0 Å². The molecule has 0 aliphatic rings. The Morgan fingerprint density at radius 2 is 1.76 bits per heavy atom. The number of pyridine rings is 1. The summed E-state index contributed by atoms with van der Waals surface area (Å²) in [7, 11) is 1.66. The topological polar surface area (TPSA) is 43.4 Å². The predicted molar refractivity (Wildman–Crippen MR) is 83.5 cm³/mol. The van der Waals surface area contributed by atoms with Crippen LogP contribution in [0.4, 0.5) is 0 Å². The highest BCUT2D eigenvalue weighted by Crippen LogP contribution is 2.15. The molecule has 0 unspecified atom stereocenters. The first-order chi connectivity index (χ1) is 10.2. The molecule has 0 saturated heterocycles. The number of hydrogen-bond donors (Lipinski definition) is 1. The van der Waals surface area contributed by atoms with Gasteiger partial charge in [-0.3, -0.25) is 4.98 Å². The Morgan fingerprint density at radius 3 is 2.33 bits per heavy atom. The Bertz CT molecular complexity index is 536. The lowest BCUT2D eigenvalue weighted by Gasteiger charge is -2.09. The molecule has 2 rings (SSSR count). The van der Waals surface area contributed by atoms with Crippen LogP contribution in [0.5, 0.6) is 11.5 Å². The summed E-state index contributed by atoms with van der Waals surface area (Å²) in [5, 5.41) is 3.33. The summed E-state index contributed by atoms with van der Waals surface area (Å²) >= 11 is 0. The largest absolute Gasteiger partial charge is 0.497 e. The van der Waals surface area contributed by atoms with E-state index in [-0.39, 0.29) is 0 Å². The number of nitrogens with one attached hydrogen (secondary N) is 1. The normalized spacial score (nSPS) is 10.7. The lowest BCUT2D eigenvalue weighted by molar-refractivity contribution is 0.304. The van der Waals surface area contributed by atoms with Crippen molar-refractivity contribution in [3.8, 4) is 11.5 Å². The third-order valence-electron chi connectivity index (χ3n) is 3.05. The lowest BCUT2D eigenvalue weighted by atomic mass is 10.2. The summed E-state index contributed by atoms with van der Waals surface area (Å²) in [6.07, 6.45) is 1.76. The van der Waals surface area contributed by atoms with Gasteiger partial charge in [-0.05, 0) is 29.8 Å². The molecular formula is C17H22N2O2. The molecule has 0 aliphatic carbocycles. The number of methoxy groups -OCH3 is 1. The fourth-order valence-electron chi connectivity index (χ4n) is 1.80. The monoisotopic (exact) mass is 286 g/mol. The van der Waals surface area contributed by atoms with Crippen LogP contribution in [-0.4, -0.2) is 18.1 Å². The van der Waals surface area contributed by atoms with Gasteiger partial charge in [-0.1, -0.05) is 26.0 Å². The summed E-state index contributed by atoms with van der Waals surface area (Å²) in [5.74, 6) is 1.63. The molecule has 0 spiro atoms. The average Bonchev–Trinajstić information content (AvgIpc) is 2.52. The number of benzene rings is 1. The second-order valence-electron chi connectivity index (χ2n) is 5.16. The minimum Gasteiger partial charge on any atom is -0.497 e. The van der Waals surface area contributed by atoms with Crippen LogP contribution in [0.15, 0.2) is 42.6 Å². The zero-order chi connectivity index (χ0) is 15.1. The zero-order valence-electron chi connectivity index (χ0n) is 12.8. The summed E-state index contributed by atoms with van der Waals surface area (Å²) in [6.45, 7) is 5.53. The Kier molecular flexibility index (Phi) is 5.58. The van der Waals surface area contributed by atoms with Gasteiger partial charge in [0.25, 0.3) is 0 Å². The first kappa shape index (κ1) is 15.3. The molecule has 0 radical (unpaired) electrons. The molecule has 0 aliphatic heterocycles. The molecule has 1 heterocycles. The highest BCUT2D eigenvalue weighted by atomic mass is 16.5. The Morgan fingerprint density at radius 1 is 1.05 bits per heavy atom. The van der Waals surface area contributed by atoms with Gasteiger partial charge in [-0.15, -0.1) is 0 Å². The number of nitrogens with zero attached hydrogens (tertiary/aromatic N) is 1. The van der Waals surface area contributed by atoms with E-state index in [4.69, 9.17) is 9.47 Å². The quantitative estimate of drug-likeness (QED) is 0.849. The molecule has 2 aromatic rings. The molecule has 112 valence electrons. The standard InChI is InChI=1S/C17H22N2O2/c1-13(2)18-10-15-6-9-17(11-19-15)21-12-14-4-7-16(20-3)8-5-14/h4-9,11,13,18H,10,12H2,1-3H3. The smallest absolute Gasteiger partial charge is 0.138 e. The van der Waals surface area contributed by atoms with E-state index in [0.29, 0.717) is 12.6 Å². The summed E-state index contributed by atoms with van der Waals surface area (Å²) in [6, 6.07) is 12.2. The summed E-state index contributed by atoms with van der Waals surface area (Å²) in [5.41, 5.74) is 2.11. The second kappa shape index (κ2) is 7.64. The molecule has 0 fully saturated rings. The van der Waals surface area contributed by atoms with E-state index in [1.165, 1.54) is 0 Å². The van der Waals surface area contributed by atoms with E-state index in [1.54, 1.807) is 13.3 Å². The second-order valence-corrected chi connectivity index (χ2v) is 5.16. The number of hydrogen-bond acceptors (Lipinski definition) is 4. The lowest BCUT2D eigenvalue weighted by Crippen LogP contribution is -2.22. The molecule has 1 aromatic heterocycles. The molecular weight excluding hydrogens is 264 g/mol. The highest BCUT2D eigenvalue weighted by molar-refractivity contribution is 5.27. The predicted octanol–water partition coefficient (Wildman–Crippen LogP) is 3.17. The van der Waals surface area contributed by atoms with E-state index in [1.807, 2.05) is 36.4 Å². The minimum atomic E-state index is 0.456. The molecule has 4 heteroatoms. The zero-order valence-corrected chi connectivity index (χ0v) is 12.8. The average molecular weight is 286 g/mol. The van der Waals surface area contributed by atoms with Gasteiger partial charge in [0, 0.05) is 12.6 Å². The van der Waals surface area contributed by atoms with Crippen molar-refractivity contribution in [2.45, 2.75) is 33.0 Å². The third kappa shape index (κ3) is 5.08. The van der Waals surface area contributed by atoms with Crippen molar-refractivity contribution in [3.05, 3.63) is 53.9 Å². The van der Waals surface area contributed by atoms with Crippen LogP contribution in [-0.2, 0) is 13.2 Å². The van der Waals surface area contributed by atoms with Gasteiger partial charge in [0.2, 0.25) is 0 Å². The van der Waals surface area contributed by atoms with Crippen LogP contribution in [0.2, 0.25) is 0 Å². The maximum Gasteiger partial charge on any atom is 0.138 e. The molecule has 0 amide bonds. The van der Waals surface area contributed by atoms with Crippen LogP contribution in [0.3, 0.4) is 0 Å². The van der Waals surface area contributed by atoms with Crippen molar-refractivity contribution in [2.24, 2.45) is 0 Å². The van der Waals surface area contributed by atoms with Gasteiger partial charge in [-0.25, -0.2) is 0 Å². The van der Waals surface area contributed by atoms with Crippen LogP contribution >= 0.6 is 0 Å². The van der Waals surface area contributed by atoms with Crippen molar-refractivity contribution in [2.75, 3.05) is 7.11 Å². The van der Waals surface area contributed by atoms with E-state index in [0.717, 1.165) is 29.3 Å². The van der Waals surface area contributed by atoms with Crippen molar-refractivity contribution >= 4 is 0 Å². The molecule has 0 atom stereocenters. The van der Waals surface area contributed by atoms with E-state index < -0.39 is 0 Å². The number of ether oxygens (including phenoxy) is 2. The molecule has 4 nitrogen and oxygen atoms in total. The molecule has 1 N–H and O–H groups in total. The molecule has 21 heavy (non-hydrogen) atoms. The van der Waals surface area contributed by atoms with E-state index in [9.17, 15) is 0 Å². The fourth-order valence-corrected chi connectivity index (χ4v) is 1.80. The summed E-state index contributed by atoms with van der Waals surface area (Å²) in [4.78, 5) is 4.38. The van der Waals surface area contributed by atoms with Crippen molar-refractivity contribution in [3.63, 3.8) is 0 Å². The minimum absolute atomic E-state index is 0.456. The maximum absolute atomic E-state index is 5.72. The van der Waals surface area contributed by atoms with Crippen molar-refractivity contribution < 1.29 is 9.47 Å². The van der Waals surface area contributed by atoms with Gasteiger partial charge in [0.1, 0.15) is 18.1 Å². The molecule has 0 bridgehead atoms. The highest BCUT2D eigenvalue weighted by Gasteiger charge is 2.00. The first-order valence-corrected chi connectivity index (χ1v) is 7.11. The van der Waals surface area contributed by atoms with Crippen LogP contribution < -0.4 is 14.8 Å². The van der Waals surface area contributed by atoms with E-state index >= 15 is 0 Å². The van der Waals surface area contributed by atoms with Crippen LogP contribution in [0.25, 0.3) is 0 Å². The Hall–Kier alpha value is -2.07. The van der Waals surface area contributed by atoms with Crippen LogP contribution in [0.1, 0.15) is 25.1 Å². The first-order valence-electron chi connectivity index (χ1n) is 7.11. The number of rotatable bonds is 7. The van der Waals surface area contributed by atoms with E-state index in [2.05, 4.69) is 24.1 Å². The van der Waals surface area contributed by atoms with Gasteiger partial charge < -0.3 is 14.8 Å². The Labute approximate surface area is 126 Å². The van der Waals surface area contributed by atoms with Gasteiger partial charge >= 0.3 is 0 Å². The maximum atomic E-state index is 5.72. The SMILES string of the molecule is COc1ccc(COc2ccc(CNC(C)C)nc2)cc1. The third-order valence-corrected chi connectivity index (χ3v) is 3.05. The van der Waals surface area contributed by atoms with Gasteiger partial charge in [0.15, 0.2) is 0 Å². The van der Waals surface area contributed by atoms with Crippen molar-refractivity contribution in [1.82, 2.24) is 10.3 Å². The van der Waals surface area contributed by atoms with Gasteiger partial charge in [-0.2, -0.15) is 0 Å².